The number of benzene rings is 3. The van der Waals surface area contributed by atoms with Gasteiger partial charge in [0, 0.05) is 33.2 Å². The van der Waals surface area contributed by atoms with Gasteiger partial charge in [0.25, 0.3) is 0 Å². The molecular formula is C18H8BrI2N. The Morgan fingerprint density at radius 2 is 1.18 bits per heavy atom. The van der Waals surface area contributed by atoms with Crippen LogP contribution in [0.5, 0.6) is 0 Å². The summed E-state index contributed by atoms with van der Waals surface area (Å²) in [6.07, 6.45) is 0. The molecule has 22 heavy (non-hydrogen) atoms. The molecule has 5 aromatic rings. The van der Waals surface area contributed by atoms with Crippen molar-refractivity contribution in [3.63, 3.8) is 0 Å². The van der Waals surface area contributed by atoms with Crippen LogP contribution < -0.4 is 0 Å². The van der Waals surface area contributed by atoms with Crippen LogP contribution in [0.3, 0.4) is 0 Å². The summed E-state index contributed by atoms with van der Waals surface area (Å²) < 4.78 is 6.09. The van der Waals surface area contributed by atoms with E-state index < -0.39 is 0 Å². The molecule has 0 amide bonds. The lowest BCUT2D eigenvalue weighted by Gasteiger charge is -1.99. The van der Waals surface area contributed by atoms with E-state index in [1.54, 1.807) is 0 Å². The second-order valence-corrected chi connectivity index (χ2v) is 8.91. The van der Waals surface area contributed by atoms with Crippen LogP contribution in [-0.4, -0.2) is 4.40 Å². The lowest BCUT2D eigenvalue weighted by molar-refractivity contribution is 1.37. The van der Waals surface area contributed by atoms with Gasteiger partial charge in [-0.25, -0.2) is 0 Å². The first kappa shape index (κ1) is 13.8. The van der Waals surface area contributed by atoms with E-state index in [-0.39, 0.29) is 0 Å². The summed E-state index contributed by atoms with van der Waals surface area (Å²) in [6, 6.07) is 17.9. The SMILES string of the molecule is Brc1cc2c3cc(I)ccc3n3c4ccc(I)cc4c(c1)c23. The predicted molar refractivity (Wildman–Crippen MR) is 114 cm³/mol. The first-order chi connectivity index (χ1) is 10.6. The van der Waals surface area contributed by atoms with Gasteiger partial charge in [-0.15, -0.1) is 0 Å². The molecule has 0 radical (unpaired) electrons. The summed E-state index contributed by atoms with van der Waals surface area (Å²) >= 11 is 8.47. The van der Waals surface area contributed by atoms with Gasteiger partial charge in [0.2, 0.25) is 0 Å². The van der Waals surface area contributed by atoms with Crippen LogP contribution in [0.2, 0.25) is 0 Å². The molecule has 0 bridgehead atoms. The quantitative estimate of drug-likeness (QED) is 0.180. The van der Waals surface area contributed by atoms with Crippen molar-refractivity contribution in [2.24, 2.45) is 0 Å². The first-order valence-corrected chi connectivity index (χ1v) is 9.82. The molecule has 0 aliphatic heterocycles. The van der Waals surface area contributed by atoms with Crippen molar-refractivity contribution >= 4 is 99.2 Å². The molecule has 0 aliphatic rings. The maximum absolute atomic E-state index is 3.69. The Kier molecular flexibility index (Phi) is 2.95. The lowest BCUT2D eigenvalue weighted by Crippen LogP contribution is -1.81. The first-order valence-electron chi connectivity index (χ1n) is 6.87. The Morgan fingerprint density at radius 3 is 1.68 bits per heavy atom. The Hall–Kier alpha value is -0.600. The fraction of sp³-hybridized carbons (Fsp3) is 0. The van der Waals surface area contributed by atoms with E-state index in [9.17, 15) is 0 Å². The van der Waals surface area contributed by atoms with E-state index in [4.69, 9.17) is 0 Å². The Labute approximate surface area is 162 Å². The van der Waals surface area contributed by atoms with Gasteiger partial charge in [-0.1, -0.05) is 15.9 Å². The van der Waals surface area contributed by atoms with Gasteiger partial charge in [-0.3, -0.25) is 0 Å². The zero-order valence-electron chi connectivity index (χ0n) is 11.2. The minimum Gasteiger partial charge on any atom is -0.308 e. The second kappa shape index (κ2) is 4.70. The van der Waals surface area contributed by atoms with Crippen LogP contribution in [0.4, 0.5) is 0 Å². The molecule has 3 aromatic carbocycles. The predicted octanol–water partition coefficient (Wildman–Crippen LogP) is 6.81. The van der Waals surface area contributed by atoms with E-state index in [2.05, 4.69) is 114 Å². The standard InChI is InChI=1S/C18H8BrI2N/c19-9-5-14-12-7-10(20)1-3-16(12)22-17-4-2-11(21)8-13(17)15(6-9)18(14)22/h1-8H. The van der Waals surface area contributed by atoms with E-state index >= 15 is 0 Å². The molecule has 0 saturated carbocycles. The van der Waals surface area contributed by atoms with Crippen LogP contribution in [0.15, 0.2) is 53.0 Å². The largest absolute Gasteiger partial charge is 0.308 e. The van der Waals surface area contributed by atoms with Crippen molar-refractivity contribution in [1.29, 1.82) is 0 Å². The Bertz CT molecular complexity index is 1120. The minimum absolute atomic E-state index is 1.14. The van der Waals surface area contributed by atoms with E-state index in [0.29, 0.717) is 0 Å². The molecule has 0 N–H and O–H groups in total. The van der Waals surface area contributed by atoms with Gasteiger partial charge in [0.05, 0.1) is 16.6 Å². The zero-order valence-corrected chi connectivity index (χ0v) is 17.1. The summed E-state index contributed by atoms with van der Waals surface area (Å²) in [5.74, 6) is 0. The molecule has 0 saturated heterocycles. The van der Waals surface area contributed by atoms with Crippen molar-refractivity contribution in [3.8, 4) is 0 Å². The van der Waals surface area contributed by atoms with Crippen LogP contribution in [-0.2, 0) is 0 Å². The number of nitrogens with zero attached hydrogens (tertiary/aromatic N) is 1. The smallest absolute Gasteiger partial charge is 0.0621 e. The van der Waals surface area contributed by atoms with Gasteiger partial charge < -0.3 is 4.40 Å². The molecule has 0 unspecified atom stereocenters. The van der Waals surface area contributed by atoms with Crippen molar-refractivity contribution in [2.45, 2.75) is 0 Å². The molecule has 0 atom stereocenters. The molecule has 0 spiro atoms. The molecule has 5 rings (SSSR count). The fourth-order valence-corrected chi connectivity index (χ4v) is 4.90. The van der Waals surface area contributed by atoms with Crippen LogP contribution in [0.1, 0.15) is 0 Å². The summed E-state index contributed by atoms with van der Waals surface area (Å²) in [6.45, 7) is 0. The highest BCUT2D eigenvalue weighted by molar-refractivity contribution is 14.1. The third-order valence-electron chi connectivity index (χ3n) is 4.28. The van der Waals surface area contributed by atoms with Gasteiger partial charge >= 0.3 is 0 Å². The van der Waals surface area contributed by atoms with Gasteiger partial charge in [-0.2, -0.15) is 0 Å². The van der Waals surface area contributed by atoms with Crippen LogP contribution >= 0.6 is 61.1 Å². The zero-order chi connectivity index (χ0) is 15.0. The molecule has 2 heterocycles. The molecule has 1 nitrogen and oxygen atoms in total. The van der Waals surface area contributed by atoms with Gasteiger partial charge in [0.15, 0.2) is 0 Å². The van der Waals surface area contributed by atoms with Crippen molar-refractivity contribution < 1.29 is 0 Å². The number of halogens is 3. The molecule has 2 aromatic heterocycles. The highest BCUT2D eigenvalue weighted by Gasteiger charge is 2.18. The van der Waals surface area contributed by atoms with Gasteiger partial charge in [-0.05, 0) is 93.7 Å². The number of hydrogen-bond donors (Lipinski definition) is 0. The lowest BCUT2D eigenvalue weighted by atomic mass is 10.1. The van der Waals surface area contributed by atoms with Crippen LogP contribution in [0, 0.1) is 7.14 Å². The topological polar surface area (TPSA) is 4.41 Å². The summed E-state index contributed by atoms with van der Waals surface area (Å²) in [5, 5.41) is 5.30. The monoisotopic (exact) mass is 571 g/mol. The highest BCUT2D eigenvalue weighted by Crippen LogP contribution is 2.41. The third-order valence-corrected chi connectivity index (χ3v) is 6.08. The average Bonchev–Trinajstić information content (AvgIpc) is 2.96. The summed E-state index contributed by atoms with van der Waals surface area (Å²) in [4.78, 5) is 0. The van der Waals surface area contributed by atoms with Crippen molar-refractivity contribution in [1.82, 2.24) is 4.40 Å². The van der Waals surface area contributed by atoms with Gasteiger partial charge in [0.1, 0.15) is 0 Å². The van der Waals surface area contributed by atoms with Crippen LogP contribution in [0.25, 0.3) is 38.1 Å². The fourth-order valence-electron chi connectivity index (χ4n) is 3.46. The number of aromatic nitrogens is 1. The van der Waals surface area contributed by atoms with Crippen molar-refractivity contribution in [2.75, 3.05) is 0 Å². The Morgan fingerprint density at radius 1 is 0.682 bits per heavy atom. The van der Waals surface area contributed by atoms with E-state index in [1.165, 1.54) is 45.2 Å². The molecule has 0 aliphatic carbocycles. The number of rotatable bonds is 0. The minimum atomic E-state index is 1.14. The Balaban J connectivity index is 2.22. The molecule has 106 valence electrons. The maximum atomic E-state index is 3.69. The van der Waals surface area contributed by atoms with E-state index in [1.807, 2.05) is 0 Å². The molecular weight excluding hydrogens is 564 g/mol. The highest BCUT2D eigenvalue weighted by atomic mass is 127. The molecule has 0 fully saturated rings. The summed E-state index contributed by atoms with van der Waals surface area (Å²) in [7, 11) is 0. The number of fused-ring (bicyclic) bond motifs is 6. The van der Waals surface area contributed by atoms with E-state index in [0.717, 1.165) is 4.47 Å². The third kappa shape index (κ3) is 1.74. The number of hydrogen-bond acceptors (Lipinski definition) is 0. The summed E-state index contributed by atoms with van der Waals surface area (Å²) in [5.41, 5.74) is 3.90. The molecule has 4 heteroatoms. The van der Waals surface area contributed by atoms with Crippen molar-refractivity contribution in [3.05, 3.63) is 60.1 Å². The maximum Gasteiger partial charge on any atom is 0.0621 e. The normalized spacial score (nSPS) is 12.3. The second-order valence-electron chi connectivity index (χ2n) is 5.51. The average molecular weight is 572 g/mol.